The molecule has 1 aliphatic rings. The third-order valence-electron chi connectivity index (χ3n) is 4.33. The maximum atomic E-state index is 13.5. The van der Waals surface area contributed by atoms with E-state index in [-0.39, 0.29) is 11.9 Å². The van der Waals surface area contributed by atoms with Crippen LogP contribution in [-0.2, 0) is 9.53 Å². The number of ether oxygens (including phenoxy) is 2. The monoisotopic (exact) mass is 345 g/mol. The van der Waals surface area contributed by atoms with Crippen molar-refractivity contribution in [2.24, 2.45) is 0 Å². The number of carbonyl (C=O) groups is 1. The first kappa shape index (κ1) is 17.4. The lowest BCUT2D eigenvalue weighted by molar-refractivity contribution is -0.147. The zero-order valence-electron chi connectivity index (χ0n) is 13.9. The highest BCUT2D eigenvalue weighted by molar-refractivity contribution is 5.75. The molecule has 0 aliphatic carbocycles. The lowest BCUT2D eigenvalue weighted by atomic mass is 10.0. The number of rotatable bonds is 5. The van der Waals surface area contributed by atoms with Crippen molar-refractivity contribution in [3.05, 3.63) is 65.5 Å². The zero-order valence-corrected chi connectivity index (χ0v) is 13.9. The first-order valence-electron chi connectivity index (χ1n) is 8.06. The lowest BCUT2D eigenvalue weighted by Gasteiger charge is -2.36. The summed E-state index contributed by atoms with van der Waals surface area (Å²) in [5, 5.41) is 9.76. The summed E-state index contributed by atoms with van der Waals surface area (Å²) in [6.45, 7) is 1.24. The van der Waals surface area contributed by atoms with Crippen LogP contribution in [0.15, 0.2) is 48.5 Å². The summed E-state index contributed by atoms with van der Waals surface area (Å²) in [4.78, 5) is 13.8. The summed E-state index contributed by atoms with van der Waals surface area (Å²) in [6, 6.07) is 12.5. The second kappa shape index (κ2) is 7.63. The first-order valence-corrected chi connectivity index (χ1v) is 8.06. The van der Waals surface area contributed by atoms with Crippen molar-refractivity contribution in [3.63, 3.8) is 0 Å². The van der Waals surface area contributed by atoms with E-state index in [0.717, 1.165) is 0 Å². The number of benzene rings is 2. The van der Waals surface area contributed by atoms with Crippen LogP contribution in [0.4, 0.5) is 4.39 Å². The van der Waals surface area contributed by atoms with Gasteiger partial charge in [-0.25, -0.2) is 4.39 Å². The molecule has 1 fully saturated rings. The minimum Gasteiger partial charge on any atom is -0.497 e. The molecule has 2 aromatic carbocycles. The van der Waals surface area contributed by atoms with Crippen LogP contribution < -0.4 is 4.74 Å². The SMILES string of the molecule is COc1cccc(C(C(=O)O)N2CCOC(c3cccc(F)c3)C2)c1. The summed E-state index contributed by atoms with van der Waals surface area (Å²) in [6.07, 6.45) is -0.364. The number of halogens is 1. The molecule has 1 N–H and O–H groups in total. The van der Waals surface area contributed by atoms with Crippen molar-refractivity contribution in [1.82, 2.24) is 4.90 Å². The Bertz CT molecular complexity index is 752. The summed E-state index contributed by atoms with van der Waals surface area (Å²) in [5.41, 5.74) is 1.35. The Hall–Kier alpha value is -2.44. The second-order valence-corrected chi connectivity index (χ2v) is 5.93. The number of carboxylic acid groups (broad SMARTS) is 1. The number of methoxy groups -OCH3 is 1. The van der Waals surface area contributed by atoms with Gasteiger partial charge in [0.1, 0.15) is 17.6 Å². The molecule has 2 atom stereocenters. The van der Waals surface area contributed by atoms with Crippen molar-refractivity contribution in [2.75, 3.05) is 26.8 Å². The fourth-order valence-electron chi connectivity index (χ4n) is 3.13. The van der Waals surface area contributed by atoms with E-state index < -0.39 is 12.0 Å². The molecular weight excluding hydrogens is 325 g/mol. The average molecular weight is 345 g/mol. The molecule has 3 rings (SSSR count). The Morgan fingerprint density at radius 3 is 2.84 bits per heavy atom. The quantitative estimate of drug-likeness (QED) is 0.903. The van der Waals surface area contributed by atoms with Crippen LogP contribution in [0.25, 0.3) is 0 Å². The Labute approximate surface area is 145 Å². The molecule has 0 aromatic heterocycles. The van der Waals surface area contributed by atoms with Crippen molar-refractivity contribution >= 4 is 5.97 Å². The van der Waals surface area contributed by atoms with Crippen LogP contribution in [0, 0.1) is 5.82 Å². The molecule has 132 valence electrons. The maximum absolute atomic E-state index is 13.5. The molecule has 0 amide bonds. The summed E-state index contributed by atoms with van der Waals surface area (Å²) in [7, 11) is 1.55. The molecule has 1 saturated heterocycles. The molecule has 5 nitrogen and oxygen atoms in total. The number of morpholine rings is 1. The number of hydrogen-bond acceptors (Lipinski definition) is 4. The van der Waals surface area contributed by atoms with E-state index in [9.17, 15) is 14.3 Å². The highest BCUT2D eigenvalue weighted by Gasteiger charge is 2.33. The molecule has 2 aromatic rings. The number of carboxylic acids is 1. The summed E-state index contributed by atoms with van der Waals surface area (Å²) in [5.74, 6) is -0.660. The fourth-order valence-corrected chi connectivity index (χ4v) is 3.13. The van der Waals surface area contributed by atoms with E-state index >= 15 is 0 Å². The highest BCUT2D eigenvalue weighted by Crippen LogP contribution is 2.30. The molecule has 2 unspecified atom stereocenters. The van der Waals surface area contributed by atoms with Crippen LogP contribution in [0.2, 0.25) is 0 Å². The summed E-state index contributed by atoms with van der Waals surface area (Å²) < 4.78 is 24.4. The Kier molecular flexibility index (Phi) is 5.31. The van der Waals surface area contributed by atoms with Gasteiger partial charge >= 0.3 is 5.97 Å². The third-order valence-corrected chi connectivity index (χ3v) is 4.33. The van der Waals surface area contributed by atoms with E-state index in [1.807, 2.05) is 4.90 Å². The van der Waals surface area contributed by atoms with Gasteiger partial charge in [-0.15, -0.1) is 0 Å². The summed E-state index contributed by atoms with van der Waals surface area (Å²) >= 11 is 0. The van der Waals surface area contributed by atoms with Crippen LogP contribution in [0.3, 0.4) is 0 Å². The minimum absolute atomic E-state index is 0.333. The van der Waals surface area contributed by atoms with Gasteiger partial charge in [-0.1, -0.05) is 24.3 Å². The van der Waals surface area contributed by atoms with Crippen LogP contribution in [-0.4, -0.2) is 42.8 Å². The predicted octanol–water partition coefficient (Wildman–Crippen LogP) is 3.03. The third kappa shape index (κ3) is 3.97. The first-order chi connectivity index (χ1) is 12.1. The van der Waals surface area contributed by atoms with Gasteiger partial charge in [-0.3, -0.25) is 9.69 Å². The molecule has 25 heavy (non-hydrogen) atoms. The molecule has 1 heterocycles. The highest BCUT2D eigenvalue weighted by atomic mass is 19.1. The van der Waals surface area contributed by atoms with Crippen molar-refractivity contribution in [3.8, 4) is 5.75 Å². The Balaban J connectivity index is 1.85. The molecule has 1 aliphatic heterocycles. The normalized spacial score (nSPS) is 19.4. The fraction of sp³-hybridized carbons (Fsp3) is 0.316. The predicted molar refractivity (Wildman–Crippen MR) is 90.0 cm³/mol. The van der Waals surface area contributed by atoms with Crippen molar-refractivity contribution < 1.29 is 23.8 Å². The van der Waals surface area contributed by atoms with E-state index in [1.54, 1.807) is 43.5 Å². The van der Waals surface area contributed by atoms with Gasteiger partial charge in [-0.2, -0.15) is 0 Å². The zero-order chi connectivity index (χ0) is 17.8. The van der Waals surface area contributed by atoms with Gasteiger partial charge in [0.05, 0.1) is 19.8 Å². The van der Waals surface area contributed by atoms with Gasteiger partial charge in [-0.05, 0) is 35.4 Å². The largest absolute Gasteiger partial charge is 0.497 e. The van der Waals surface area contributed by atoms with Crippen molar-refractivity contribution in [2.45, 2.75) is 12.1 Å². The van der Waals surface area contributed by atoms with E-state index in [4.69, 9.17) is 9.47 Å². The van der Waals surface area contributed by atoms with Crippen LogP contribution in [0.5, 0.6) is 5.75 Å². The molecular formula is C19H20FNO4. The molecule has 0 saturated carbocycles. The minimum atomic E-state index is -0.937. The molecule has 6 heteroatoms. The van der Waals surface area contributed by atoms with Gasteiger partial charge in [0.25, 0.3) is 0 Å². The van der Waals surface area contributed by atoms with Gasteiger partial charge in [0.15, 0.2) is 0 Å². The number of hydrogen-bond donors (Lipinski definition) is 1. The number of nitrogens with zero attached hydrogens (tertiary/aromatic N) is 1. The Morgan fingerprint density at radius 1 is 1.32 bits per heavy atom. The van der Waals surface area contributed by atoms with Crippen LogP contribution >= 0.6 is 0 Å². The van der Waals surface area contributed by atoms with Gasteiger partial charge in [0.2, 0.25) is 0 Å². The lowest BCUT2D eigenvalue weighted by Crippen LogP contribution is -2.43. The van der Waals surface area contributed by atoms with Crippen LogP contribution in [0.1, 0.15) is 23.3 Å². The molecule has 0 radical (unpaired) electrons. The van der Waals surface area contributed by atoms with Gasteiger partial charge < -0.3 is 14.6 Å². The Morgan fingerprint density at radius 2 is 2.12 bits per heavy atom. The van der Waals surface area contributed by atoms with E-state index in [2.05, 4.69) is 0 Å². The van der Waals surface area contributed by atoms with Gasteiger partial charge in [0, 0.05) is 13.1 Å². The van der Waals surface area contributed by atoms with E-state index in [0.29, 0.717) is 36.6 Å². The molecule has 0 bridgehead atoms. The maximum Gasteiger partial charge on any atom is 0.325 e. The standard InChI is InChI=1S/C19H20FNO4/c1-24-16-7-3-5-14(11-16)18(19(22)23)21-8-9-25-17(12-21)13-4-2-6-15(20)10-13/h2-7,10-11,17-18H,8-9,12H2,1H3,(H,22,23). The molecule has 0 spiro atoms. The number of aliphatic carboxylic acids is 1. The smallest absolute Gasteiger partial charge is 0.325 e. The second-order valence-electron chi connectivity index (χ2n) is 5.93. The van der Waals surface area contributed by atoms with E-state index in [1.165, 1.54) is 12.1 Å². The van der Waals surface area contributed by atoms with Crippen molar-refractivity contribution in [1.29, 1.82) is 0 Å². The average Bonchev–Trinajstić information content (AvgIpc) is 2.62. The topological polar surface area (TPSA) is 59.0 Å².